The minimum atomic E-state index is -0.184. The lowest BCUT2D eigenvalue weighted by molar-refractivity contribution is 0.0951. The number of benzene rings is 1. The van der Waals surface area contributed by atoms with E-state index in [0.29, 0.717) is 35.0 Å². The Morgan fingerprint density at radius 1 is 1.24 bits per heavy atom. The molecule has 6 heteroatoms. The van der Waals surface area contributed by atoms with Gasteiger partial charge in [0.05, 0.1) is 11.0 Å². The Morgan fingerprint density at radius 3 is 2.56 bits per heavy atom. The Morgan fingerprint density at radius 2 is 1.92 bits per heavy atom. The van der Waals surface area contributed by atoms with Crippen LogP contribution in [0.1, 0.15) is 44.0 Å². The molecule has 1 amide bonds. The molecule has 3 aromatic rings. The summed E-state index contributed by atoms with van der Waals surface area (Å²) < 4.78 is 1.92. The maximum atomic E-state index is 12.7. The molecule has 2 aromatic heterocycles. The highest BCUT2D eigenvalue weighted by Gasteiger charge is 2.23. The van der Waals surface area contributed by atoms with E-state index in [2.05, 4.69) is 26.1 Å². The van der Waals surface area contributed by atoms with Crippen molar-refractivity contribution in [2.24, 2.45) is 5.92 Å². The number of carbonyl (C=O) groups excluding carboxylic acids is 1. The second-order valence-corrected chi connectivity index (χ2v) is 6.75. The maximum Gasteiger partial charge on any atom is 0.257 e. The lowest BCUT2D eigenvalue weighted by atomic mass is 10.2. The van der Waals surface area contributed by atoms with Crippen LogP contribution in [0.15, 0.2) is 24.3 Å². The lowest BCUT2D eigenvalue weighted by Gasteiger charge is -2.08. The minimum absolute atomic E-state index is 0.184. The molecule has 0 radical (unpaired) electrons. The molecule has 0 aliphatic heterocycles. The normalized spacial score (nSPS) is 11.5. The van der Waals surface area contributed by atoms with Crippen LogP contribution in [0.25, 0.3) is 22.2 Å². The Hall–Kier alpha value is -2.63. The quantitative estimate of drug-likeness (QED) is 0.721. The summed E-state index contributed by atoms with van der Waals surface area (Å²) in [6, 6.07) is 7.67. The number of carbonyl (C=O) groups is 1. The highest BCUT2D eigenvalue weighted by atomic mass is 16.1. The van der Waals surface area contributed by atoms with Gasteiger partial charge in [-0.1, -0.05) is 39.3 Å². The number of nitrogens with zero attached hydrogens (tertiary/aromatic N) is 3. The predicted molar refractivity (Wildman–Crippen MR) is 102 cm³/mol. The van der Waals surface area contributed by atoms with Gasteiger partial charge in [0.2, 0.25) is 0 Å². The van der Waals surface area contributed by atoms with Crippen molar-refractivity contribution in [3.8, 4) is 0 Å². The predicted octanol–water partition coefficient (Wildman–Crippen LogP) is 3.35. The van der Waals surface area contributed by atoms with Crippen molar-refractivity contribution in [1.29, 1.82) is 0 Å². The van der Waals surface area contributed by atoms with E-state index >= 15 is 0 Å². The van der Waals surface area contributed by atoms with Crippen molar-refractivity contribution < 1.29 is 4.79 Å². The van der Waals surface area contributed by atoms with Crippen LogP contribution in [0.5, 0.6) is 0 Å². The van der Waals surface area contributed by atoms with E-state index in [1.165, 1.54) is 0 Å². The summed E-state index contributed by atoms with van der Waals surface area (Å²) in [5.74, 6) is 0.626. The number of rotatable bonds is 6. The molecule has 0 fully saturated rings. The van der Waals surface area contributed by atoms with Crippen LogP contribution in [0.2, 0.25) is 0 Å². The Kier molecular flexibility index (Phi) is 4.88. The van der Waals surface area contributed by atoms with E-state index in [4.69, 9.17) is 15.7 Å². The third-order valence-corrected chi connectivity index (χ3v) is 4.22. The standard InChI is InChI=1S/C19H25N5O/c1-4-5-10-24-17(20)15(19(25)21-11-12(2)3)16-18(24)23-14-9-7-6-8-13(14)22-16/h6-9,12H,4-5,10-11,20H2,1-3H3,(H,21,25). The molecule has 1 aromatic carbocycles. The summed E-state index contributed by atoms with van der Waals surface area (Å²) in [5.41, 5.74) is 9.61. The zero-order valence-corrected chi connectivity index (χ0v) is 15.0. The van der Waals surface area contributed by atoms with Gasteiger partial charge in [-0.3, -0.25) is 4.79 Å². The highest BCUT2D eigenvalue weighted by molar-refractivity contribution is 6.10. The van der Waals surface area contributed by atoms with Crippen LogP contribution < -0.4 is 11.1 Å². The molecule has 3 rings (SSSR count). The van der Waals surface area contributed by atoms with Crippen LogP contribution >= 0.6 is 0 Å². The number of hydrogen-bond acceptors (Lipinski definition) is 4. The SMILES string of the molecule is CCCCn1c(N)c(C(=O)NCC(C)C)c2nc3ccccc3nc21. The van der Waals surface area contributed by atoms with Gasteiger partial charge in [-0.05, 0) is 24.5 Å². The molecule has 2 heterocycles. The number of amides is 1. The summed E-state index contributed by atoms with van der Waals surface area (Å²) in [5, 5.41) is 2.95. The zero-order chi connectivity index (χ0) is 18.0. The van der Waals surface area contributed by atoms with E-state index in [1.54, 1.807) is 0 Å². The van der Waals surface area contributed by atoms with Crippen LogP contribution in [-0.2, 0) is 6.54 Å². The first-order chi connectivity index (χ1) is 12.0. The molecule has 0 aliphatic rings. The topological polar surface area (TPSA) is 85.8 Å². The van der Waals surface area contributed by atoms with Crippen molar-refractivity contribution >= 4 is 33.9 Å². The van der Waals surface area contributed by atoms with Gasteiger partial charge in [0.25, 0.3) is 5.91 Å². The fourth-order valence-corrected chi connectivity index (χ4v) is 2.87. The first-order valence-corrected chi connectivity index (χ1v) is 8.85. The number of hydrogen-bond donors (Lipinski definition) is 2. The molecular formula is C19H25N5O. The molecule has 3 N–H and O–H groups in total. The van der Waals surface area contributed by atoms with Crippen molar-refractivity contribution in [3.63, 3.8) is 0 Å². The van der Waals surface area contributed by atoms with Crippen LogP contribution in [0.4, 0.5) is 5.82 Å². The second-order valence-electron chi connectivity index (χ2n) is 6.75. The fraction of sp³-hybridized carbons (Fsp3) is 0.421. The molecule has 0 aliphatic carbocycles. The fourth-order valence-electron chi connectivity index (χ4n) is 2.87. The molecule has 0 saturated carbocycles. The number of anilines is 1. The van der Waals surface area contributed by atoms with E-state index in [0.717, 1.165) is 30.4 Å². The van der Waals surface area contributed by atoms with Crippen LogP contribution in [-0.4, -0.2) is 27.0 Å². The summed E-state index contributed by atoms with van der Waals surface area (Å²) in [7, 11) is 0. The molecule has 6 nitrogen and oxygen atoms in total. The van der Waals surface area contributed by atoms with Crippen LogP contribution in [0.3, 0.4) is 0 Å². The summed E-state index contributed by atoms with van der Waals surface area (Å²) in [4.78, 5) is 22.2. The van der Waals surface area contributed by atoms with E-state index in [9.17, 15) is 4.79 Å². The average molecular weight is 339 g/mol. The Labute approximate surface area is 147 Å². The average Bonchev–Trinajstić information content (AvgIpc) is 2.86. The summed E-state index contributed by atoms with van der Waals surface area (Å²) >= 11 is 0. The number of fused-ring (bicyclic) bond motifs is 2. The highest BCUT2D eigenvalue weighted by Crippen LogP contribution is 2.28. The number of unbranched alkanes of at least 4 members (excludes halogenated alkanes) is 1. The summed E-state index contributed by atoms with van der Waals surface area (Å²) in [6.45, 7) is 7.56. The Balaban J connectivity index is 2.18. The van der Waals surface area contributed by atoms with Gasteiger partial charge in [-0.15, -0.1) is 0 Å². The zero-order valence-electron chi connectivity index (χ0n) is 15.0. The Bertz CT molecular complexity index is 913. The van der Waals surface area contributed by atoms with Gasteiger partial charge in [-0.2, -0.15) is 0 Å². The van der Waals surface area contributed by atoms with E-state index in [-0.39, 0.29) is 5.91 Å². The van der Waals surface area contributed by atoms with Gasteiger partial charge in [0, 0.05) is 13.1 Å². The van der Waals surface area contributed by atoms with Crippen molar-refractivity contribution in [1.82, 2.24) is 19.9 Å². The largest absolute Gasteiger partial charge is 0.384 e. The first kappa shape index (κ1) is 17.2. The third-order valence-electron chi connectivity index (χ3n) is 4.22. The molecule has 0 unspecified atom stereocenters. The third kappa shape index (κ3) is 3.29. The maximum absolute atomic E-state index is 12.7. The molecule has 0 bridgehead atoms. The molecule has 0 saturated heterocycles. The number of aryl methyl sites for hydroxylation is 1. The number of nitrogens with one attached hydrogen (secondary N) is 1. The molecule has 0 atom stereocenters. The van der Waals surface area contributed by atoms with Gasteiger partial charge in [0.15, 0.2) is 5.65 Å². The van der Waals surface area contributed by atoms with Crippen molar-refractivity contribution in [3.05, 3.63) is 29.8 Å². The number of aromatic nitrogens is 3. The summed E-state index contributed by atoms with van der Waals surface area (Å²) in [6.07, 6.45) is 2.00. The molecule has 25 heavy (non-hydrogen) atoms. The number of nitrogen functional groups attached to an aromatic ring is 1. The van der Waals surface area contributed by atoms with Gasteiger partial charge in [-0.25, -0.2) is 9.97 Å². The molecule has 132 valence electrons. The molecule has 0 spiro atoms. The monoisotopic (exact) mass is 339 g/mol. The van der Waals surface area contributed by atoms with Gasteiger partial charge >= 0.3 is 0 Å². The van der Waals surface area contributed by atoms with Gasteiger partial charge in [0.1, 0.15) is 16.9 Å². The lowest BCUT2D eigenvalue weighted by Crippen LogP contribution is -2.28. The molecular weight excluding hydrogens is 314 g/mol. The smallest absolute Gasteiger partial charge is 0.257 e. The van der Waals surface area contributed by atoms with Gasteiger partial charge < -0.3 is 15.6 Å². The van der Waals surface area contributed by atoms with E-state index in [1.807, 2.05) is 28.8 Å². The second kappa shape index (κ2) is 7.09. The minimum Gasteiger partial charge on any atom is -0.384 e. The van der Waals surface area contributed by atoms with E-state index < -0.39 is 0 Å². The van der Waals surface area contributed by atoms with Crippen molar-refractivity contribution in [2.45, 2.75) is 40.2 Å². The van der Waals surface area contributed by atoms with Crippen molar-refractivity contribution in [2.75, 3.05) is 12.3 Å². The number of nitrogens with two attached hydrogens (primary N) is 1. The number of para-hydroxylation sites is 2. The first-order valence-electron chi connectivity index (χ1n) is 8.85. The van der Waals surface area contributed by atoms with Crippen LogP contribution in [0, 0.1) is 5.92 Å².